The predicted octanol–water partition coefficient (Wildman–Crippen LogP) is 4.28. The van der Waals surface area contributed by atoms with Gasteiger partial charge >= 0.3 is 0 Å². The number of aliphatic hydroxyl groups excluding tert-OH is 1. The highest BCUT2D eigenvalue weighted by molar-refractivity contribution is 5.96. The van der Waals surface area contributed by atoms with Gasteiger partial charge < -0.3 is 10.4 Å². The van der Waals surface area contributed by atoms with Crippen LogP contribution < -0.4 is 5.32 Å². The standard InChI is InChI=1S/C24H21FN2O2/c25-22-7-2-1-6-21(22)23(10-11-28)27-24(29)18-5-3-4-16(12-18)17-8-9-19-14-26-15-20(19)13-17/h1-9,12-13,15,23,28H,10-11,14H2,(H,27,29). The molecule has 0 saturated heterocycles. The van der Waals surface area contributed by atoms with Gasteiger partial charge in [0.15, 0.2) is 0 Å². The molecule has 5 heteroatoms. The molecule has 3 aromatic rings. The van der Waals surface area contributed by atoms with Crippen LogP contribution >= 0.6 is 0 Å². The number of rotatable bonds is 6. The van der Waals surface area contributed by atoms with Gasteiger partial charge in [0, 0.05) is 23.9 Å². The third-order valence-electron chi connectivity index (χ3n) is 5.10. The van der Waals surface area contributed by atoms with Crippen LogP contribution in [0.2, 0.25) is 0 Å². The zero-order chi connectivity index (χ0) is 20.2. The minimum Gasteiger partial charge on any atom is -0.396 e. The SMILES string of the molecule is O=C(NC(CCO)c1ccccc1F)c1cccc(-c2ccc3c(c2)C=NC3)c1. The van der Waals surface area contributed by atoms with E-state index in [1.165, 1.54) is 11.6 Å². The van der Waals surface area contributed by atoms with Gasteiger partial charge in [0.1, 0.15) is 5.82 Å². The summed E-state index contributed by atoms with van der Waals surface area (Å²) in [6.07, 6.45) is 2.10. The summed E-state index contributed by atoms with van der Waals surface area (Å²) in [5, 5.41) is 12.2. The molecule has 29 heavy (non-hydrogen) atoms. The van der Waals surface area contributed by atoms with Crippen LogP contribution in [-0.2, 0) is 6.54 Å². The molecule has 1 unspecified atom stereocenters. The minimum absolute atomic E-state index is 0.157. The second-order valence-electron chi connectivity index (χ2n) is 7.02. The number of aliphatic imine (C=N–C) groups is 1. The second kappa shape index (κ2) is 8.37. The minimum atomic E-state index is -0.603. The van der Waals surface area contributed by atoms with E-state index in [4.69, 9.17) is 0 Å². The van der Waals surface area contributed by atoms with Gasteiger partial charge in [0.25, 0.3) is 5.91 Å². The monoisotopic (exact) mass is 388 g/mol. The van der Waals surface area contributed by atoms with E-state index in [0.29, 0.717) is 17.7 Å². The van der Waals surface area contributed by atoms with Gasteiger partial charge in [-0.1, -0.05) is 42.5 Å². The topological polar surface area (TPSA) is 61.7 Å². The summed E-state index contributed by atoms with van der Waals surface area (Å²) in [7, 11) is 0. The van der Waals surface area contributed by atoms with Crippen LogP contribution in [0.1, 0.15) is 39.5 Å². The van der Waals surface area contributed by atoms with Crippen molar-refractivity contribution in [1.82, 2.24) is 5.32 Å². The van der Waals surface area contributed by atoms with Crippen molar-refractivity contribution in [1.29, 1.82) is 0 Å². The largest absolute Gasteiger partial charge is 0.396 e. The normalized spacial score (nSPS) is 13.2. The molecule has 146 valence electrons. The molecule has 0 spiro atoms. The molecule has 0 aliphatic carbocycles. The fourth-order valence-electron chi connectivity index (χ4n) is 3.55. The Balaban J connectivity index is 1.58. The highest BCUT2D eigenvalue weighted by Crippen LogP contribution is 2.26. The van der Waals surface area contributed by atoms with E-state index >= 15 is 0 Å². The van der Waals surface area contributed by atoms with Crippen LogP contribution in [0.5, 0.6) is 0 Å². The average molecular weight is 388 g/mol. The number of aliphatic hydroxyl groups is 1. The van der Waals surface area contributed by atoms with Gasteiger partial charge in [-0.05, 0) is 52.9 Å². The van der Waals surface area contributed by atoms with Crippen molar-refractivity contribution in [3.05, 3.63) is 94.8 Å². The van der Waals surface area contributed by atoms with E-state index in [0.717, 1.165) is 16.7 Å². The van der Waals surface area contributed by atoms with Crippen LogP contribution in [0.25, 0.3) is 11.1 Å². The Morgan fingerprint density at radius 1 is 1.07 bits per heavy atom. The third-order valence-corrected chi connectivity index (χ3v) is 5.10. The second-order valence-corrected chi connectivity index (χ2v) is 7.02. The predicted molar refractivity (Wildman–Crippen MR) is 111 cm³/mol. The molecule has 4 nitrogen and oxygen atoms in total. The quantitative estimate of drug-likeness (QED) is 0.662. The molecular weight excluding hydrogens is 367 g/mol. The molecule has 3 aromatic carbocycles. The fourth-order valence-corrected chi connectivity index (χ4v) is 3.55. The van der Waals surface area contributed by atoms with Gasteiger partial charge in [0.2, 0.25) is 0 Å². The Labute approximate surface area is 168 Å². The van der Waals surface area contributed by atoms with E-state index in [-0.39, 0.29) is 18.9 Å². The molecule has 0 fully saturated rings. The molecule has 1 amide bonds. The van der Waals surface area contributed by atoms with Gasteiger partial charge in [-0.3, -0.25) is 9.79 Å². The maximum Gasteiger partial charge on any atom is 0.251 e. The average Bonchev–Trinajstić information content (AvgIpc) is 3.22. The lowest BCUT2D eigenvalue weighted by atomic mass is 9.98. The summed E-state index contributed by atoms with van der Waals surface area (Å²) in [4.78, 5) is 17.1. The third kappa shape index (κ3) is 4.10. The highest BCUT2D eigenvalue weighted by atomic mass is 19.1. The molecule has 0 saturated carbocycles. The van der Waals surface area contributed by atoms with E-state index < -0.39 is 11.9 Å². The fraction of sp³-hybridized carbons (Fsp3) is 0.167. The number of halogens is 1. The van der Waals surface area contributed by atoms with Crippen LogP contribution in [-0.4, -0.2) is 23.8 Å². The number of nitrogens with zero attached hydrogens (tertiary/aromatic N) is 1. The molecule has 1 aliphatic rings. The van der Waals surface area contributed by atoms with Crippen molar-refractivity contribution in [3.63, 3.8) is 0 Å². The van der Waals surface area contributed by atoms with Gasteiger partial charge in [-0.25, -0.2) is 4.39 Å². The molecular formula is C24H21FN2O2. The molecule has 2 N–H and O–H groups in total. The van der Waals surface area contributed by atoms with E-state index in [1.807, 2.05) is 30.5 Å². The zero-order valence-electron chi connectivity index (χ0n) is 15.8. The van der Waals surface area contributed by atoms with Crippen LogP contribution in [0.3, 0.4) is 0 Å². The molecule has 1 heterocycles. The van der Waals surface area contributed by atoms with E-state index in [1.54, 1.807) is 24.3 Å². The van der Waals surface area contributed by atoms with Crippen molar-refractivity contribution in [2.75, 3.05) is 6.61 Å². The van der Waals surface area contributed by atoms with Crippen LogP contribution in [0, 0.1) is 5.82 Å². The zero-order valence-corrected chi connectivity index (χ0v) is 15.8. The summed E-state index contributed by atoms with van der Waals surface area (Å²) in [5.74, 6) is -0.712. The van der Waals surface area contributed by atoms with E-state index in [9.17, 15) is 14.3 Å². The van der Waals surface area contributed by atoms with Crippen molar-refractivity contribution in [2.45, 2.75) is 19.0 Å². The van der Waals surface area contributed by atoms with Gasteiger partial charge in [-0.2, -0.15) is 0 Å². The Morgan fingerprint density at radius 2 is 1.90 bits per heavy atom. The number of carbonyl (C=O) groups excluding carboxylic acids is 1. The van der Waals surface area contributed by atoms with Crippen molar-refractivity contribution < 1.29 is 14.3 Å². The lowest BCUT2D eigenvalue weighted by Crippen LogP contribution is -2.29. The first-order valence-electron chi connectivity index (χ1n) is 9.55. The van der Waals surface area contributed by atoms with Crippen molar-refractivity contribution in [2.24, 2.45) is 4.99 Å². The summed E-state index contributed by atoms with van der Waals surface area (Å²) in [6.45, 7) is 0.552. The number of hydrogen-bond donors (Lipinski definition) is 2. The molecule has 0 aromatic heterocycles. The van der Waals surface area contributed by atoms with Crippen LogP contribution in [0.15, 0.2) is 71.7 Å². The number of hydrogen-bond acceptors (Lipinski definition) is 3. The summed E-state index contributed by atoms with van der Waals surface area (Å²) >= 11 is 0. The molecule has 0 bridgehead atoms. The first-order valence-corrected chi connectivity index (χ1v) is 9.55. The molecule has 4 rings (SSSR count). The maximum atomic E-state index is 14.2. The van der Waals surface area contributed by atoms with E-state index in [2.05, 4.69) is 22.4 Å². The smallest absolute Gasteiger partial charge is 0.251 e. The van der Waals surface area contributed by atoms with Crippen LogP contribution in [0.4, 0.5) is 4.39 Å². The van der Waals surface area contributed by atoms with Crippen molar-refractivity contribution >= 4 is 12.1 Å². The highest BCUT2D eigenvalue weighted by Gasteiger charge is 2.19. The Hall–Kier alpha value is -3.31. The Bertz CT molecular complexity index is 1080. The Morgan fingerprint density at radius 3 is 2.72 bits per heavy atom. The van der Waals surface area contributed by atoms with Gasteiger partial charge in [-0.15, -0.1) is 0 Å². The summed E-state index contributed by atoms with van der Waals surface area (Å²) < 4.78 is 14.2. The number of amides is 1. The number of carbonyl (C=O) groups is 1. The number of nitrogens with one attached hydrogen (secondary N) is 1. The first-order chi connectivity index (χ1) is 14.2. The first kappa shape index (κ1) is 19.0. The van der Waals surface area contributed by atoms with Gasteiger partial charge in [0.05, 0.1) is 12.6 Å². The Kier molecular flexibility index (Phi) is 5.49. The lowest BCUT2D eigenvalue weighted by Gasteiger charge is -2.19. The molecule has 1 atom stereocenters. The lowest BCUT2D eigenvalue weighted by molar-refractivity contribution is 0.0929. The summed E-state index contributed by atoms with van der Waals surface area (Å²) in [6, 6.07) is 19.2. The maximum absolute atomic E-state index is 14.2. The molecule has 1 aliphatic heterocycles. The summed E-state index contributed by atoms with van der Waals surface area (Å²) in [5.41, 5.74) is 5.07. The molecule has 0 radical (unpaired) electrons. The number of benzene rings is 3. The van der Waals surface area contributed by atoms with Crippen molar-refractivity contribution in [3.8, 4) is 11.1 Å². The number of fused-ring (bicyclic) bond motifs is 1.